The Bertz CT molecular complexity index is 1270. The molecule has 1 amide bonds. The first-order chi connectivity index (χ1) is 18.5. The first kappa shape index (κ1) is 33.4. The zero-order valence-corrected chi connectivity index (χ0v) is 25.7. The van der Waals surface area contributed by atoms with E-state index in [1.165, 1.54) is 12.1 Å². The molecule has 2 aromatic carbocycles. The van der Waals surface area contributed by atoms with Crippen LogP contribution >= 0.6 is 0 Å². The molecule has 0 radical (unpaired) electrons. The van der Waals surface area contributed by atoms with Crippen LogP contribution in [-0.4, -0.2) is 68.2 Å². The number of carbonyl (C=O) groups excluding carboxylic acids is 1. The van der Waals surface area contributed by atoms with Crippen molar-refractivity contribution >= 4 is 11.9 Å². The maximum Gasteiger partial charge on any atom is 1.00 e. The van der Waals surface area contributed by atoms with Gasteiger partial charge in [-0.25, -0.2) is 9.07 Å². The number of aromatic nitrogens is 2. The molecule has 9 nitrogen and oxygen atoms in total. The maximum absolute atomic E-state index is 13.7. The molecule has 0 fully saturated rings. The predicted octanol–water partition coefficient (Wildman–Crippen LogP) is 1.05. The summed E-state index contributed by atoms with van der Waals surface area (Å²) in [5, 5.41) is 34.0. The summed E-state index contributed by atoms with van der Waals surface area (Å²) in [6.45, 7) is 4.24. The van der Waals surface area contributed by atoms with E-state index >= 15 is 0 Å². The molecule has 3 N–H and O–H groups in total. The van der Waals surface area contributed by atoms with Gasteiger partial charge in [0.25, 0.3) is 5.91 Å². The van der Waals surface area contributed by atoms with E-state index in [1.54, 1.807) is 35.9 Å². The molecule has 3 aromatic rings. The van der Waals surface area contributed by atoms with Gasteiger partial charge in [-0.3, -0.25) is 9.59 Å². The number of aliphatic hydroxyl groups is 2. The Morgan fingerprint density at radius 3 is 2.25 bits per heavy atom. The second-order valence-electron chi connectivity index (χ2n) is 9.94. The Morgan fingerprint density at radius 1 is 1.07 bits per heavy atom. The van der Waals surface area contributed by atoms with Crippen molar-refractivity contribution in [3.63, 3.8) is 0 Å². The van der Waals surface area contributed by atoms with E-state index in [0.29, 0.717) is 29.9 Å². The quantitative estimate of drug-likeness (QED) is 0.265. The topological polar surface area (TPSA) is 125 Å². The zero-order valence-electron chi connectivity index (χ0n) is 24.7. The van der Waals surface area contributed by atoms with Crippen LogP contribution in [0.15, 0.2) is 48.5 Å². The fraction of sp³-hybridized carbons (Fsp3) is 0.414. The number of carboxylic acids is 1. The normalized spacial score (nSPS) is 12.5. The van der Waals surface area contributed by atoms with Crippen LogP contribution in [0.25, 0.3) is 5.69 Å². The van der Waals surface area contributed by atoms with E-state index < -0.39 is 30.4 Å². The molecule has 0 unspecified atom stereocenters. The van der Waals surface area contributed by atoms with Crippen LogP contribution in [0.3, 0.4) is 0 Å². The van der Waals surface area contributed by atoms with Gasteiger partial charge in [0.2, 0.25) is 0 Å². The third kappa shape index (κ3) is 8.87. The summed E-state index contributed by atoms with van der Waals surface area (Å²) in [6, 6.07) is 13.2. The molecule has 0 bridgehead atoms. The fourth-order valence-electron chi connectivity index (χ4n) is 4.54. The second kappa shape index (κ2) is 15.3. The van der Waals surface area contributed by atoms with Gasteiger partial charge in [0.15, 0.2) is 5.69 Å². The average Bonchev–Trinajstić information content (AvgIpc) is 3.27. The first-order valence-electron chi connectivity index (χ1n) is 12.8. The van der Waals surface area contributed by atoms with E-state index in [1.807, 2.05) is 38.1 Å². The van der Waals surface area contributed by atoms with Crippen LogP contribution in [0.2, 0.25) is 0 Å². The van der Waals surface area contributed by atoms with Crippen LogP contribution in [0.1, 0.15) is 67.8 Å². The number of hydrogen-bond acceptors (Lipinski definition) is 6. The van der Waals surface area contributed by atoms with Crippen molar-refractivity contribution in [2.75, 3.05) is 14.2 Å². The first-order valence-corrected chi connectivity index (χ1v) is 12.8. The van der Waals surface area contributed by atoms with Gasteiger partial charge >= 0.3 is 35.5 Å². The van der Waals surface area contributed by atoms with Crippen LogP contribution in [0.5, 0.6) is 5.75 Å². The van der Waals surface area contributed by atoms with Gasteiger partial charge in [0.05, 0.1) is 31.4 Å². The predicted molar refractivity (Wildman–Crippen MR) is 145 cm³/mol. The number of aliphatic hydroxyl groups excluding tert-OH is 2. The van der Waals surface area contributed by atoms with Gasteiger partial charge in [-0.1, -0.05) is 26.0 Å². The summed E-state index contributed by atoms with van der Waals surface area (Å²) >= 11 is 0. The number of amides is 1. The Balaban J connectivity index is 0.00000420. The zero-order chi connectivity index (χ0) is 28.7. The SMILES string of the molecule is COc1ccc(CN(C)C(=O)c2nn(-c3ccc(F)cc3)c(CC[C@@H](O)C[C@@H](O)CC(=O)O)c2C(C)C)cc1.[H-].[Na+]. The molecule has 3 rings (SSSR count). The number of hydrogen-bond donors (Lipinski definition) is 3. The number of carbonyl (C=O) groups is 2. The number of halogens is 1. The Morgan fingerprint density at radius 2 is 1.70 bits per heavy atom. The third-order valence-corrected chi connectivity index (χ3v) is 6.47. The monoisotopic (exact) mass is 565 g/mol. The van der Waals surface area contributed by atoms with Gasteiger partial charge in [0.1, 0.15) is 11.6 Å². The van der Waals surface area contributed by atoms with Crippen LogP contribution in [0.4, 0.5) is 4.39 Å². The number of ether oxygens (including phenoxy) is 1. The second-order valence-corrected chi connectivity index (χ2v) is 9.94. The third-order valence-electron chi connectivity index (χ3n) is 6.47. The van der Waals surface area contributed by atoms with Crippen LogP contribution in [-0.2, 0) is 17.8 Å². The minimum Gasteiger partial charge on any atom is -1.00 e. The molecule has 0 spiro atoms. The minimum atomic E-state index is -1.17. The standard InChI is InChI=1S/C29H36FN3O6.Na.H/c1-18(2)27-25(14-11-22(34)15-23(35)16-26(36)37)33(21-9-7-20(30)8-10-21)31-28(27)29(38)32(3)17-19-5-12-24(39-4)13-6-19;;/h5-10,12-13,18,22-23,34-35H,11,14-17H2,1-4H3,(H,36,37);;/q;+1;-1/t22-,23-;;/m1../s1. The number of benzene rings is 2. The molecule has 40 heavy (non-hydrogen) atoms. The Labute approximate surface area is 257 Å². The van der Waals surface area contributed by atoms with Crippen LogP contribution in [0, 0.1) is 5.82 Å². The molecule has 0 aliphatic rings. The molecule has 0 aliphatic heterocycles. The van der Waals surface area contributed by atoms with Crippen molar-refractivity contribution in [1.29, 1.82) is 0 Å². The molecular weight excluding hydrogens is 528 g/mol. The van der Waals surface area contributed by atoms with Gasteiger partial charge < -0.3 is 26.4 Å². The number of nitrogens with zero attached hydrogens (tertiary/aromatic N) is 3. The van der Waals surface area contributed by atoms with Crippen molar-refractivity contribution in [2.45, 2.75) is 64.2 Å². The van der Waals surface area contributed by atoms with Crippen LogP contribution < -0.4 is 34.3 Å². The molecule has 1 heterocycles. The Kier molecular flexibility index (Phi) is 12.8. The van der Waals surface area contributed by atoms with E-state index in [2.05, 4.69) is 5.10 Å². The molecule has 11 heteroatoms. The fourth-order valence-corrected chi connectivity index (χ4v) is 4.54. The molecule has 0 saturated carbocycles. The van der Waals surface area contributed by atoms with E-state index in [9.17, 15) is 24.2 Å². The average molecular weight is 566 g/mol. The minimum absolute atomic E-state index is 0. The van der Waals surface area contributed by atoms with Gasteiger partial charge in [0, 0.05) is 24.8 Å². The summed E-state index contributed by atoms with van der Waals surface area (Å²) in [5.41, 5.74) is 3.14. The Hall–Kier alpha value is -2.76. The van der Waals surface area contributed by atoms with E-state index in [-0.39, 0.29) is 61.3 Å². The summed E-state index contributed by atoms with van der Waals surface area (Å²) in [6.07, 6.45) is -2.18. The maximum atomic E-state index is 13.7. The molecule has 0 aliphatic carbocycles. The smallest absolute Gasteiger partial charge is 1.00 e. The molecular formula is C29H37FN3NaO6. The number of carboxylic acid groups (broad SMARTS) is 1. The molecule has 0 saturated heterocycles. The van der Waals surface area contributed by atoms with Crippen molar-refractivity contribution in [3.8, 4) is 11.4 Å². The van der Waals surface area contributed by atoms with E-state index in [4.69, 9.17) is 9.84 Å². The summed E-state index contributed by atoms with van der Waals surface area (Å²) in [5.74, 6) is -1.22. The number of aliphatic carboxylic acids is 1. The number of rotatable bonds is 13. The molecule has 1 aromatic heterocycles. The van der Waals surface area contributed by atoms with Crippen molar-refractivity contribution in [2.24, 2.45) is 0 Å². The van der Waals surface area contributed by atoms with Gasteiger partial charge in [-0.15, -0.1) is 0 Å². The van der Waals surface area contributed by atoms with Crippen molar-refractivity contribution in [1.82, 2.24) is 14.7 Å². The molecule has 2 atom stereocenters. The summed E-state index contributed by atoms with van der Waals surface area (Å²) in [4.78, 5) is 26.1. The van der Waals surface area contributed by atoms with Crippen molar-refractivity contribution in [3.05, 3.63) is 76.9 Å². The van der Waals surface area contributed by atoms with Crippen molar-refractivity contribution < 1.29 is 65.0 Å². The summed E-state index contributed by atoms with van der Waals surface area (Å²) < 4.78 is 20.5. The number of methoxy groups -OCH3 is 1. The van der Waals surface area contributed by atoms with Gasteiger partial charge in [-0.05, 0) is 67.1 Å². The summed E-state index contributed by atoms with van der Waals surface area (Å²) in [7, 11) is 3.28. The largest absolute Gasteiger partial charge is 1.00 e. The molecule has 212 valence electrons. The van der Waals surface area contributed by atoms with E-state index in [0.717, 1.165) is 11.3 Å². The van der Waals surface area contributed by atoms with Gasteiger partial charge in [-0.2, -0.15) is 5.10 Å².